The molecule has 0 radical (unpaired) electrons. The normalized spacial score (nSPS) is 18.6. The number of allylic oxidation sites excluding steroid dienone is 1. The quantitative estimate of drug-likeness (QED) is 0.301. The van der Waals surface area contributed by atoms with Crippen LogP contribution < -0.4 is 0 Å². The van der Waals surface area contributed by atoms with Crippen LogP contribution in [0.1, 0.15) is 13.3 Å². The Morgan fingerprint density at radius 1 is 1.53 bits per heavy atom. The standard InChI is InChI=1S/C10H18N4O/c1-2-10(9-12-13-11)3-4-14-5-7-15-8-6-14/h2H,3-9H2,1H3. The minimum Gasteiger partial charge on any atom is -0.379 e. The van der Waals surface area contributed by atoms with Gasteiger partial charge < -0.3 is 4.74 Å². The Kier molecular flexibility index (Phi) is 5.85. The van der Waals surface area contributed by atoms with Crippen molar-refractivity contribution in [3.05, 3.63) is 22.1 Å². The molecule has 0 N–H and O–H groups in total. The maximum Gasteiger partial charge on any atom is 0.0594 e. The van der Waals surface area contributed by atoms with Gasteiger partial charge in [-0.3, -0.25) is 4.90 Å². The maximum absolute atomic E-state index is 8.23. The summed E-state index contributed by atoms with van der Waals surface area (Å²) in [7, 11) is 0. The SMILES string of the molecule is CC=C(CCN1CCOCC1)CN=[N+]=[N-]. The lowest BCUT2D eigenvalue weighted by atomic mass is 10.1. The Balaban J connectivity index is 2.23. The van der Waals surface area contributed by atoms with Crippen LogP contribution in [0.2, 0.25) is 0 Å². The van der Waals surface area contributed by atoms with Crippen molar-refractivity contribution in [1.29, 1.82) is 0 Å². The van der Waals surface area contributed by atoms with Gasteiger partial charge >= 0.3 is 0 Å². The Bertz CT molecular complexity index is 252. The largest absolute Gasteiger partial charge is 0.379 e. The summed E-state index contributed by atoms with van der Waals surface area (Å²) >= 11 is 0. The van der Waals surface area contributed by atoms with Crippen molar-refractivity contribution in [2.24, 2.45) is 5.11 Å². The van der Waals surface area contributed by atoms with Crippen LogP contribution in [0.4, 0.5) is 0 Å². The summed E-state index contributed by atoms with van der Waals surface area (Å²) < 4.78 is 5.27. The Hall–Kier alpha value is -1.03. The first-order chi connectivity index (χ1) is 7.36. The molecule has 0 aromatic rings. The molecule has 5 heteroatoms. The van der Waals surface area contributed by atoms with Gasteiger partial charge in [-0.05, 0) is 18.9 Å². The van der Waals surface area contributed by atoms with Crippen LogP contribution in [-0.4, -0.2) is 44.3 Å². The molecule has 0 aromatic heterocycles. The zero-order valence-electron chi connectivity index (χ0n) is 9.22. The smallest absolute Gasteiger partial charge is 0.0594 e. The lowest BCUT2D eigenvalue weighted by molar-refractivity contribution is 0.0384. The van der Waals surface area contributed by atoms with Gasteiger partial charge in [0.05, 0.1) is 13.2 Å². The molecule has 0 atom stereocenters. The molecule has 1 saturated heterocycles. The van der Waals surface area contributed by atoms with Crippen molar-refractivity contribution in [3.63, 3.8) is 0 Å². The number of azide groups is 1. The van der Waals surface area contributed by atoms with E-state index in [4.69, 9.17) is 10.3 Å². The topological polar surface area (TPSA) is 61.2 Å². The third kappa shape index (κ3) is 4.83. The van der Waals surface area contributed by atoms with Gasteiger partial charge in [0, 0.05) is 31.1 Å². The summed E-state index contributed by atoms with van der Waals surface area (Å²) in [5, 5.41) is 3.58. The van der Waals surface area contributed by atoms with E-state index < -0.39 is 0 Å². The van der Waals surface area contributed by atoms with E-state index in [1.165, 1.54) is 5.57 Å². The third-order valence-corrected chi connectivity index (χ3v) is 2.60. The van der Waals surface area contributed by atoms with Crippen molar-refractivity contribution in [1.82, 2.24) is 4.90 Å². The summed E-state index contributed by atoms with van der Waals surface area (Å²) in [4.78, 5) is 5.15. The highest BCUT2D eigenvalue weighted by molar-refractivity contribution is 5.03. The van der Waals surface area contributed by atoms with Crippen LogP contribution in [0.5, 0.6) is 0 Å². The highest BCUT2D eigenvalue weighted by Crippen LogP contribution is 2.06. The molecule has 0 bridgehead atoms. The first-order valence-electron chi connectivity index (χ1n) is 5.32. The fourth-order valence-corrected chi connectivity index (χ4v) is 1.56. The van der Waals surface area contributed by atoms with Crippen molar-refractivity contribution in [2.75, 3.05) is 39.4 Å². The average Bonchev–Trinajstić information content (AvgIpc) is 2.31. The van der Waals surface area contributed by atoms with Gasteiger partial charge in [-0.25, -0.2) is 0 Å². The van der Waals surface area contributed by atoms with Gasteiger partial charge in [-0.1, -0.05) is 16.8 Å². The van der Waals surface area contributed by atoms with Crippen LogP contribution in [0.3, 0.4) is 0 Å². The molecule has 15 heavy (non-hydrogen) atoms. The molecule has 0 aromatic carbocycles. The van der Waals surface area contributed by atoms with Crippen LogP contribution in [0, 0.1) is 0 Å². The predicted molar refractivity (Wildman–Crippen MR) is 59.6 cm³/mol. The van der Waals surface area contributed by atoms with Crippen molar-refractivity contribution >= 4 is 0 Å². The first-order valence-corrected chi connectivity index (χ1v) is 5.32. The van der Waals surface area contributed by atoms with Gasteiger partial charge in [0.15, 0.2) is 0 Å². The number of hydrogen-bond donors (Lipinski definition) is 0. The van der Waals surface area contributed by atoms with E-state index in [1.54, 1.807) is 0 Å². The molecule has 0 aliphatic carbocycles. The minimum atomic E-state index is 0.497. The number of nitrogens with zero attached hydrogens (tertiary/aromatic N) is 4. The maximum atomic E-state index is 8.23. The Morgan fingerprint density at radius 3 is 2.87 bits per heavy atom. The van der Waals surface area contributed by atoms with E-state index in [1.807, 2.05) is 13.0 Å². The van der Waals surface area contributed by atoms with Gasteiger partial charge in [0.2, 0.25) is 0 Å². The average molecular weight is 210 g/mol. The van der Waals surface area contributed by atoms with Crippen LogP contribution in [0.15, 0.2) is 16.8 Å². The predicted octanol–water partition coefficient (Wildman–Crippen LogP) is 1.97. The van der Waals surface area contributed by atoms with Gasteiger partial charge in [0.25, 0.3) is 0 Å². The van der Waals surface area contributed by atoms with E-state index in [9.17, 15) is 0 Å². The summed E-state index contributed by atoms with van der Waals surface area (Å²) in [5.41, 5.74) is 9.44. The summed E-state index contributed by atoms with van der Waals surface area (Å²) in [6.45, 7) is 7.21. The number of rotatable bonds is 5. The monoisotopic (exact) mass is 210 g/mol. The molecule has 0 saturated carbocycles. The summed E-state index contributed by atoms with van der Waals surface area (Å²) in [6.07, 6.45) is 3.02. The number of ether oxygens (including phenoxy) is 1. The van der Waals surface area contributed by atoms with Gasteiger partial charge in [-0.2, -0.15) is 0 Å². The highest BCUT2D eigenvalue weighted by atomic mass is 16.5. The second-order valence-electron chi connectivity index (χ2n) is 3.54. The molecule has 1 heterocycles. The minimum absolute atomic E-state index is 0.497. The van der Waals surface area contributed by atoms with E-state index in [-0.39, 0.29) is 0 Å². The first kappa shape index (κ1) is 12.0. The Labute approximate surface area is 90.3 Å². The lowest BCUT2D eigenvalue weighted by Crippen LogP contribution is -2.37. The number of hydrogen-bond acceptors (Lipinski definition) is 3. The molecule has 84 valence electrons. The zero-order chi connectivity index (χ0) is 10.9. The van der Waals surface area contributed by atoms with Crippen molar-refractivity contribution in [3.8, 4) is 0 Å². The van der Waals surface area contributed by atoms with E-state index in [2.05, 4.69) is 14.9 Å². The summed E-state index contributed by atoms with van der Waals surface area (Å²) in [5.74, 6) is 0. The molecule has 1 aliphatic rings. The molecule has 0 unspecified atom stereocenters. The van der Waals surface area contributed by atoms with E-state index in [0.717, 1.165) is 39.3 Å². The van der Waals surface area contributed by atoms with Gasteiger partial charge in [-0.15, -0.1) is 0 Å². The fourth-order valence-electron chi connectivity index (χ4n) is 1.56. The van der Waals surface area contributed by atoms with Crippen molar-refractivity contribution in [2.45, 2.75) is 13.3 Å². The molecular formula is C10H18N4O. The molecule has 1 aliphatic heterocycles. The second-order valence-corrected chi connectivity index (χ2v) is 3.54. The zero-order valence-corrected chi connectivity index (χ0v) is 9.22. The van der Waals surface area contributed by atoms with Crippen LogP contribution in [0.25, 0.3) is 10.4 Å². The summed E-state index contributed by atoms with van der Waals surface area (Å²) in [6, 6.07) is 0. The Morgan fingerprint density at radius 2 is 2.27 bits per heavy atom. The highest BCUT2D eigenvalue weighted by Gasteiger charge is 2.09. The third-order valence-electron chi connectivity index (χ3n) is 2.60. The number of morpholine rings is 1. The molecule has 0 spiro atoms. The van der Waals surface area contributed by atoms with Crippen molar-refractivity contribution < 1.29 is 4.74 Å². The van der Waals surface area contributed by atoms with Gasteiger partial charge in [0.1, 0.15) is 0 Å². The molecule has 1 fully saturated rings. The molecular weight excluding hydrogens is 192 g/mol. The lowest BCUT2D eigenvalue weighted by Gasteiger charge is -2.26. The van der Waals surface area contributed by atoms with E-state index >= 15 is 0 Å². The fraction of sp³-hybridized carbons (Fsp3) is 0.800. The molecule has 1 rings (SSSR count). The second kappa shape index (κ2) is 7.29. The molecule has 0 amide bonds. The van der Waals surface area contributed by atoms with E-state index in [0.29, 0.717) is 6.54 Å². The van der Waals surface area contributed by atoms with Crippen LogP contribution >= 0.6 is 0 Å². The molecule has 5 nitrogen and oxygen atoms in total. The van der Waals surface area contributed by atoms with Crippen LogP contribution in [-0.2, 0) is 4.74 Å².